The van der Waals surface area contributed by atoms with Crippen LogP contribution in [-0.4, -0.2) is 120 Å². The second-order valence-electron chi connectivity index (χ2n) is 12.6. The van der Waals surface area contributed by atoms with Crippen molar-refractivity contribution < 1.29 is 32.7 Å². The molecule has 1 aliphatic heterocycles. The third kappa shape index (κ3) is 11.7. The number of alkyl halides is 3. The van der Waals surface area contributed by atoms with Crippen LogP contribution in [0.3, 0.4) is 0 Å². The highest BCUT2D eigenvalue weighted by molar-refractivity contribution is 5.94. The summed E-state index contributed by atoms with van der Waals surface area (Å²) in [7, 11) is 7.26. The summed E-state index contributed by atoms with van der Waals surface area (Å²) >= 11 is 0. The van der Waals surface area contributed by atoms with Gasteiger partial charge in [-0.2, -0.15) is 18.3 Å². The minimum absolute atomic E-state index is 0.0100. The van der Waals surface area contributed by atoms with Gasteiger partial charge in [0.25, 0.3) is 5.91 Å². The van der Waals surface area contributed by atoms with Gasteiger partial charge in [-0.3, -0.25) is 19.3 Å². The fourth-order valence-corrected chi connectivity index (χ4v) is 5.69. The average Bonchev–Trinajstić information content (AvgIpc) is 3.33. The van der Waals surface area contributed by atoms with Crippen LogP contribution in [0.2, 0.25) is 0 Å². The second kappa shape index (κ2) is 20.0. The third-order valence-electron chi connectivity index (χ3n) is 9.24. The molecular formula is C35H56F3N9O4. The van der Waals surface area contributed by atoms with E-state index in [2.05, 4.69) is 39.5 Å². The number of nitrogens with one attached hydrogen (secondary N) is 2. The van der Waals surface area contributed by atoms with Gasteiger partial charge in [0.2, 0.25) is 0 Å². The molecule has 1 aliphatic carbocycles. The van der Waals surface area contributed by atoms with Gasteiger partial charge in [0.1, 0.15) is 12.0 Å². The van der Waals surface area contributed by atoms with Crippen molar-refractivity contribution in [3.05, 3.63) is 52.1 Å². The topological polar surface area (TPSA) is 152 Å². The molecule has 1 saturated carbocycles. The highest BCUT2D eigenvalue weighted by Gasteiger charge is 2.35. The number of aryl methyl sites for hydroxylation is 2. The zero-order chi connectivity index (χ0) is 38.5. The van der Waals surface area contributed by atoms with Crippen LogP contribution in [-0.2, 0) is 22.8 Å². The summed E-state index contributed by atoms with van der Waals surface area (Å²) in [6, 6.07) is 3.63. The Hall–Kier alpha value is -4.15. The van der Waals surface area contributed by atoms with Gasteiger partial charge in [-0.1, -0.05) is 13.3 Å². The van der Waals surface area contributed by atoms with E-state index in [1.807, 2.05) is 14.0 Å². The maximum atomic E-state index is 13.7. The number of halogens is 3. The number of hydrogen-bond acceptors (Lipinski definition) is 11. The Bertz CT molecular complexity index is 1470. The van der Waals surface area contributed by atoms with Gasteiger partial charge < -0.3 is 36.1 Å². The van der Waals surface area contributed by atoms with Gasteiger partial charge in [-0.15, -0.1) is 0 Å². The molecule has 2 fully saturated rings. The fraction of sp³-hybridized carbons (Fsp3) is 0.600. The lowest BCUT2D eigenvalue weighted by Crippen LogP contribution is -2.59. The predicted molar refractivity (Wildman–Crippen MR) is 192 cm³/mol. The normalized spacial score (nSPS) is 16.1. The molecule has 16 heteroatoms. The molecule has 1 atom stereocenters. The number of aldehydes is 2. The van der Waals surface area contributed by atoms with Gasteiger partial charge in [-0.05, 0) is 76.8 Å². The van der Waals surface area contributed by atoms with Gasteiger partial charge >= 0.3 is 6.18 Å². The van der Waals surface area contributed by atoms with E-state index < -0.39 is 11.7 Å². The predicted octanol–water partition coefficient (Wildman–Crippen LogP) is 3.73. The summed E-state index contributed by atoms with van der Waals surface area (Å²) in [5, 5.41) is 22.3. The van der Waals surface area contributed by atoms with Crippen LogP contribution in [0.1, 0.15) is 66.8 Å². The number of carbonyl (C=O) groups is 3. The number of allylic oxidation sites excluding steroid dienone is 1. The van der Waals surface area contributed by atoms with Crippen molar-refractivity contribution in [2.24, 2.45) is 18.7 Å². The Labute approximate surface area is 299 Å². The highest BCUT2D eigenvalue weighted by Crippen LogP contribution is 2.32. The summed E-state index contributed by atoms with van der Waals surface area (Å²) in [6.45, 7) is 11.6. The first-order chi connectivity index (χ1) is 24.0. The summed E-state index contributed by atoms with van der Waals surface area (Å²) in [4.78, 5) is 39.7. The highest BCUT2D eigenvalue weighted by atomic mass is 19.4. The van der Waals surface area contributed by atoms with Crippen molar-refractivity contribution >= 4 is 24.2 Å². The molecule has 2 aliphatic rings. The fourth-order valence-electron chi connectivity index (χ4n) is 5.69. The van der Waals surface area contributed by atoms with Crippen LogP contribution in [0.15, 0.2) is 29.6 Å². The summed E-state index contributed by atoms with van der Waals surface area (Å²) in [5.74, 6) is 0.201. The first-order valence-electron chi connectivity index (χ1n) is 17.2. The molecule has 1 aromatic carbocycles. The molecule has 1 unspecified atom stereocenters. The number of nitrogens with zero attached hydrogens (tertiary/aromatic N) is 6. The summed E-state index contributed by atoms with van der Waals surface area (Å²) in [5.41, 5.74) is 9.42. The molecule has 0 radical (unpaired) electrons. The minimum Gasteiger partial charge on any atom is -0.504 e. The number of rotatable bonds is 12. The van der Waals surface area contributed by atoms with Crippen LogP contribution >= 0.6 is 0 Å². The molecule has 1 saturated heterocycles. The van der Waals surface area contributed by atoms with Gasteiger partial charge in [0.05, 0.1) is 24.0 Å². The van der Waals surface area contributed by atoms with Crippen LogP contribution in [0, 0.1) is 19.8 Å². The number of amides is 1. The molecule has 13 nitrogen and oxygen atoms in total. The lowest BCUT2D eigenvalue weighted by Gasteiger charge is -2.43. The number of hydrogen-bond donors (Lipinski definition) is 4. The first kappa shape index (κ1) is 43.0. The largest absolute Gasteiger partial charge is 0.504 e. The molecular weight excluding hydrogens is 667 g/mol. The number of nitrogens with two attached hydrogens (primary N) is 1. The van der Waals surface area contributed by atoms with E-state index in [1.165, 1.54) is 22.2 Å². The van der Waals surface area contributed by atoms with Crippen molar-refractivity contribution in [3.8, 4) is 5.75 Å². The molecule has 2 heterocycles. The zero-order valence-electron chi connectivity index (χ0n) is 31.2. The Kier molecular flexibility index (Phi) is 16.9. The first-order valence-corrected chi connectivity index (χ1v) is 17.2. The maximum absolute atomic E-state index is 13.7. The van der Waals surface area contributed by atoms with E-state index >= 15 is 0 Å². The van der Waals surface area contributed by atoms with E-state index in [0.717, 1.165) is 76.1 Å². The van der Waals surface area contributed by atoms with Crippen LogP contribution in [0.4, 0.5) is 18.9 Å². The lowest BCUT2D eigenvalue weighted by atomic mass is 9.83. The lowest BCUT2D eigenvalue weighted by molar-refractivity contribution is -0.153. The maximum Gasteiger partial charge on any atom is 0.416 e. The number of piperazine rings is 1. The molecule has 0 spiro atoms. The smallest absolute Gasteiger partial charge is 0.416 e. The monoisotopic (exact) mass is 723 g/mol. The van der Waals surface area contributed by atoms with Crippen molar-refractivity contribution in [3.63, 3.8) is 0 Å². The minimum atomic E-state index is -4.25. The Morgan fingerprint density at radius 2 is 1.76 bits per heavy atom. The number of likely N-dealkylation sites (N-methyl/N-ethyl adjacent to an activating group) is 1. The van der Waals surface area contributed by atoms with Crippen molar-refractivity contribution in [1.82, 2.24) is 34.9 Å². The van der Waals surface area contributed by atoms with Gasteiger partial charge in [-0.25, -0.2) is 5.01 Å². The number of carbonyl (C=O) groups excluding carboxylic acids is 3. The van der Waals surface area contributed by atoms with Crippen LogP contribution in [0.5, 0.6) is 5.75 Å². The Morgan fingerprint density at radius 1 is 1.14 bits per heavy atom. The summed E-state index contributed by atoms with van der Waals surface area (Å²) in [6.07, 6.45) is 0.869. The molecule has 286 valence electrons. The van der Waals surface area contributed by atoms with E-state index in [4.69, 9.17) is 10.8 Å². The standard InChI is InChI=1S/C20H38N6O2.C9H10F3N.C6H8N2O2/c1-5-17(22-6-2)18(25-12-10-23(3)11-13-25)20(28)26(14-15-27)24(4)19(21)16-8-7-9-16;1-6-5-7(9(10,11)12)3-4-8(6)13-2;1-4-6(10)5(3-9)7-8(4)2/h15-16,19,22H,5-14,21H2,1-4H3;3-5,13H,1-2H3;3,10H,1-2H3/b18-17+;;. The molecule has 0 bridgehead atoms. The molecule has 2 aromatic rings. The van der Waals surface area contributed by atoms with Crippen molar-refractivity contribution in [1.29, 1.82) is 0 Å². The molecule has 51 heavy (non-hydrogen) atoms. The molecule has 5 N–H and O–H groups in total. The Balaban J connectivity index is 0.000000320. The third-order valence-corrected chi connectivity index (χ3v) is 9.24. The van der Waals surface area contributed by atoms with E-state index in [-0.39, 0.29) is 30.1 Å². The quantitative estimate of drug-likeness (QED) is 0.110. The average molecular weight is 724 g/mol. The Morgan fingerprint density at radius 3 is 2.16 bits per heavy atom. The molecule has 4 rings (SSSR count). The number of benzene rings is 1. The van der Waals surface area contributed by atoms with Crippen molar-refractivity contribution in [2.75, 3.05) is 65.7 Å². The van der Waals surface area contributed by atoms with Crippen LogP contribution < -0.4 is 16.4 Å². The summed E-state index contributed by atoms with van der Waals surface area (Å²) < 4.78 is 38.0. The molecule has 1 aromatic heterocycles. The van der Waals surface area contributed by atoms with E-state index in [1.54, 1.807) is 33.0 Å². The van der Waals surface area contributed by atoms with E-state index in [9.17, 15) is 27.6 Å². The number of anilines is 1. The van der Waals surface area contributed by atoms with Crippen molar-refractivity contribution in [2.45, 2.75) is 65.7 Å². The van der Waals surface area contributed by atoms with Gasteiger partial charge in [0.15, 0.2) is 17.7 Å². The second-order valence-corrected chi connectivity index (χ2v) is 12.6. The number of hydrazine groups is 1. The number of aromatic hydroxyl groups is 1. The SMILES string of the molecule is CCN/C(CC)=C(\C(=O)N(CC=O)N(C)C(N)C1CCC1)N1CCN(C)CC1.CNc1ccc(C(F)(F)F)cc1C.Cc1c(O)c(C=O)nn1C. The number of aromatic nitrogens is 2. The van der Waals surface area contributed by atoms with E-state index in [0.29, 0.717) is 34.8 Å². The van der Waals surface area contributed by atoms with Crippen LogP contribution in [0.25, 0.3) is 0 Å². The molecule has 1 amide bonds. The van der Waals surface area contributed by atoms with Gasteiger partial charge in [0, 0.05) is 65.3 Å². The zero-order valence-corrected chi connectivity index (χ0v) is 31.2.